The molecule has 0 radical (unpaired) electrons. The van der Waals surface area contributed by atoms with Gasteiger partial charge >= 0.3 is 0 Å². The van der Waals surface area contributed by atoms with Gasteiger partial charge in [0.2, 0.25) is 0 Å². The Labute approximate surface area is 98.5 Å². The lowest BCUT2D eigenvalue weighted by Gasteiger charge is -2.06. The Bertz CT molecular complexity index is 427. The van der Waals surface area contributed by atoms with Gasteiger partial charge in [-0.2, -0.15) is 11.3 Å². The molecule has 84 valence electrons. The van der Waals surface area contributed by atoms with Gasteiger partial charge in [0.15, 0.2) is 0 Å². The van der Waals surface area contributed by atoms with Crippen LogP contribution in [0.5, 0.6) is 0 Å². The third kappa shape index (κ3) is 2.95. The Morgan fingerprint density at radius 3 is 2.88 bits per heavy atom. The van der Waals surface area contributed by atoms with E-state index in [1.807, 2.05) is 18.2 Å². The van der Waals surface area contributed by atoms with Crippen molar-refractivity contribution in [3.8, 4) is 0 Å². The van der Waals surface area contributed by atoms with Crippen molar-refractivity contribution in [1.29, 1.82) is 0 Å². The van der Waals surface area contributed by atoms with Crippen LogP contribution in [-0.2, 0) is 6.42 Å². The van der Waals surface area contributed by atoms with Crippen LogP contribution >= 0.6 is 11.3 Å². The molecule has 0 fully saturated rings. The molecule has 0 bridgehead atoms. The van der Waals surface area contributed by atoms with Crippen LogP contribution < -0.4 is 16.6 Å². The zero-order chi connectivity index (χ0) is 11.2. The van der Waals surface area contributed by atoms with E-state index < -0.39 is 0 Å². The van der Waals surface area contributed by atoms with Crippen LogP contribution in [-0.4, -0.2) is 11.5 Å². The number of nitrogens with two attached hydrogens (primary N) is 1. The normalized spacial score (nSPS) is 10.1. The van der Waals surface area contributed by atoms with Gasteiger partial charge in [0, 0.05) is 6.54 Å². The molecule has 0 aliphatic rings. The van der Waals surface area contributed by atoms with Crippen molar-refractivity contribution in [2.75, 3.05) is 17.3 Å². The maximum atomic E-state index is 5.29. The highest BCUT2D eigenvalue weighted by Gasteiger charge is 1.96. The van der Waals surface area contributed by atoms with Gasteiger partial charge in [-0.25, -0.2) is 10.8 Å². The molecule has 16 heavy (non-hydrogen) atoms. The average Bonchev–Trinajstić information content (AvgIpc) is 2.82. The predicted octanol–water partition coefficient (Wildman–Crippen LogP) is 2.08. The van der Waals surface area contributed by atoms with Crippen molar-refractivity contribution in [1.82, 2.24) is 4.98 Å². The quantitative estimate of drug-likeness (QED) is 0.547. The summed E-state index contributed by atoms with van der Waals surface area (Å²) in [5.41, 5.74) is 3.87. The zero-order valence-electron chi connectivity index (χ0n) is 8.81. The minimum absolute atomic E-state index is 0.667. The minimum Gasteiger partial charge on any atom is -0.370 e. The maximum absolute atomic E-state index is 5.29. The molecule has 2 rings (SSSR count). The molecular weight excluding hydrogens is 220 g/mol. The number of anilines is 2. The van der Waals surface area contributed by atoms with Gasteiger partial charge in [-0.3, -0.25) is 0 Å². The molecule has 0 amide bonds. The zero-order valence-corrected chi connectivity index (χ0v) is 9.63. The highest BCUT2D eigenvalue weighted by Crippen LogP contribution is 2.09. The fourth-order valence-electron chi connectivity index (χ4n) is 1.38. The van der Waals surface area contributed by atoms with Crippen molar-refractivity contribution in [3.05, 3.63) is 40.6 Å². The fraction of sp³-hybridized carbons (Fsp3) is 0.182. The molecule has 2 aromatic heterocycles. The summed E-state index contributed by atoms with van der Waals surface area (Å²) in [4.78, 5) is 4.27. The van der Waals surface area contributed by atoms with Gasteiger partial charge in [0.25, 0.3) is 0 Å². The number of aromatic nitrogens is 1. The van der Waals surface area contributed by atoms with E-state index in [4.69, 9.17) is 5.84 Å². The van der Waals surface area contributed by atoms with Gasteiger partial charge < -0.3 is 10.7 Å². The van der Waals surface area contributed by atoms with Crippen molar-refractivity contribution in [2.24, 2.45) is 5.84 Å². The lowest BCUT2D eigenvalue weighted by Crippen LogP contribution is -2.10. The summed E-state index contributed by atoms with van der Waals surface area (Å²) in [5, 5.41) is 7.51. The molecule has 2 aromatic rings. The lowest BCUT2D eigenvalue weighted by molar-refractivity contribution is 1.01. The number of hydrazine groups is 1. The number of rotatable bonds is 5. The molecule has 4 nitrogen and oxygen atoms in total. The van der Waals surface area contributed by atoms with E-state index in [0.717, 1.165) is 18.8 Å². The summed E-state index contributed by atoms with van der Waals surface area (Å²) in [6.45, 7) is 0.873. The molecule has 2 heterocycles. The predicted molar refractivity (Wildman–Crippen MR) is 68.6 cm³/mol. The molecular formula is C11H14N4S. The molecule has 0 aromatic carbocycles. The van der Waals surface area contributed by atoms with Gasteiger partial charge in [0.05, 0.1) is 0 Å². The third-order valence-corrected chi connectivity index (χ3v) is 2.93. The highest BCUT2D eigenvalue weighted by atomic mass is 32.1. The van der Waals surface area contributed by atoms with Crippen LogP contribution in [0.4, 0.5) is 11.6 Å². The largest absolute Gasteiger partial charge is 0.370 e. The lowest BCUT2D eigenvalue weighted by atomic mass is 10.2. The van der Waals surface area contributed by atoms with E-state index in [0.29, 0.717) is 5.82 Å². The molecule has 5 heteroatoms. The number of nitrogens with zero attached hydrogens (tertiary/aromatic N) is 1. The van der Waals surface area contributed by atoms with Gasteiger partial charge in [-0.1, -0.05) is 6.07 Å². The van der Waals surface area contributed by atoms with E-state index in [2.05, 4.69) is 32.6 Å². The van der Waals surface area contributed by atoms with Crippen molar-refractivity contribution in [3.63, 3.8) is 0 Å². The number of nitrogen functional groups attached to an aromatic ring is 1. The van der Waals surface area contributed by atoms with Crippen molar-refractivity contribution in [2.45, 2.75) is 6.42 Å². The summed E-state index contributed by atoms with van der Waals surface area (Å²) in [6, 6.07) is 7.80. The number of hydrogen-bond acceptors (Lipinski definition) is 5. The van der Waals surface area contributed by atoms with E-state index >= 15 is 0 Å². The average molecular weight is 234 g/mol. The van der Waals surface area contributed by atoms with E-state index in [9.17, 15) is 0 Å². The highest BCUT2D eigenvalue weighted by molar-refractivity contribution is 7.07. The second-order valence-electron chi connectivity index (χ2n) is 3.36. The Hall–Kier alpha value is -1.59. The molecule has 0 aliphatic carbocycles. The van der Waals surface area contributed by atoms with Crippen LogP contribution in [0, 0.1) is 0 Å². The monoisotopic (exact) mass is 234 g/mol. The first kappa shape index (κ1) is 10.9. The molecule has 4 N–H and O–H groups in total. The summed E-state index contributed by atoms with van der Waals surface area (Å²) >= 11 is 1.72. The Morgan fingerprint density at radius 2 is 2.12 bits per heavy atom. The third-order valence-electron chi connectivity index (χ3n) is 2.20. The Kier molecular flexibility index (Phi) is 3.74. The van der Waals surface area contributed by atoms with Crippen LogP contribution in [0.2, 0.25) is 0 Å². The fourth-order valence-corrected chi connectivity index (χ4v) is 2.09. The van der Waals surface area contributed by atoms with Gasteiger partial charge in [0.1, 0.15) is 11.6 Å². The molecule has 0 spiro atoms. The van der Waals surface area contributed by atoms with Crippen LogP contribution in [0.1, 0.15) is 5.56 Å². The van der Waals surface area contributed by atoms with Crippen LogP contribution in [0.3, 0.4) is 0 Å². The van der Waals surface area contributed by atoms with E-state index in [1.54, 1.807) is 11.3 Å². The number of thiophene rings is 1. The number of nitrogens with one attached hydrogen (secondary N) is 2. The van der Waals surface area contributed by atoms with E-state index in [-0.39, 0.29) is 0 Å². The SMILES string of the molecule is NNc1cccc(NCCc2ccsc2)n1. The molecule has 0 saturated heterocycles. The second-order valence-corrected chi connectivity index (χ2v) is 4.14. The topological polar surface area (TPSA) is 63.0 Å². The Morgan fingerprint density at radius 1 is 1.25 bits per heavy atom. The van der Waals surface area contributed by atoms with Crippen LogP contribution in [0.15, 0.2) is 35.0 Å². The summed E-state index contributed by atoms with van der Waals surface area (Å²) in [6.07, 6.45) is 1.01. The summed E-state index contributed by atoms with van der Waals surface area (Å²) in [7, 11) is 0. The number of pyridine rings is 1. The first-order valence-electron chi connectivity index (χ1n) is 5.07. The standard InChI is InChI=1S/C11H14N4S/c12-15-11-3-1-2-10(14-11)13-6-4-9-5-7-16-8-9/h1-3,5,7-8H,4,6,12H2,(H2,13,14,15). The van der Waals surface area contributed by atoms with Gasteiger partial charge in [-0.05, 0) is 40.9 Å². The molecule has 0 aliphatic heterocycles. The first-order valence-corrected chi connectivity index (χ1v) is 6.01. The van der Waals surface area contributed by atoms with Crippen LogP contribution in [0.25, 0.3) is 0 Å². The first-order chi connectivity index (χ1) is 7.88. The summed E-state index contributed by atoms with van der Waals surface area (Å²) in [5.74, 6) is 6.79. The maximum Gasteiger partial charge on any atom is 0.142 e. The molecule has 0 saturated carbocycles. The summed E-state index contributed by atoms with van der Waals surface area (Å²) < 4.78 is 0. The minimum atomic E-state index is 0.667. The number of hydrogen-bond donors (Lipinski definition) is 3. The second kappa shape index (κ2) is 5.48. The van der Waals surface area contributed by atoms with E-state index in [1.165, 1.54) is 5.56 Å². The smallest absolute Gasteiger partial charge is 0.142 e. The van der Waals surface area contributed by atoms with Crippen molar-refractivity contribution >= 4 is 23.0 Å². The molecule has 0 unspecified atom stereocenters. The molecule has 0 atom stereocenters. The Balaban J connectivity index is 1.85. The van der Waals surface area contributed by atoms with Crippen molar-refractivity contribution < 1.29 is 0 Å². The van der Waals surface area contributed by atoms with Gasteiger partial charge in [-0.15, -0.1) is 0 Å².